The number of halogens is 1. The molecule has 29 heavy (non-hydrogen) atoms. The van der Waals surface area contributed by atoms with E-state index in [1.807, 2.05) is 0 Å². The highest BCUT2D eigenvalue weighted by molar-refractivity contribution is 5.77. The molecule has 8 nitrogen and oxygen atoms in total. The second kappa shape index (κ2) is 12.3. The summed E-state index contributed by atoms with van der Waals surface area (Å²) < 4.78 is 13.2. The van der Waals surface area contributed by atoms with Gasteiger partial charge in [0.2, 0.25) is 17.8 Å². The molecule has 0 aliphatic heterocycles. The Hall–Kier alpha value is -3.25. The van der Waals surface area contributed by atoms with Gasteiger partial charge in [0.25, 0.3) is 0 Å². The first-order valence-electron chi connectivity index (χ1n) is 9.52. The molecule has 154 valence electrons. The zero-order valence-electron chi connectivity index (χ0n) is 16.7. The van der Waals surface area contributed by atoms with Crippen LogP contribution in [0, 0.1) is 17.8 Å². The van der Waals surface area contributed by atoms with Gasteiger partial charge in [-0.1, -0.05) is 18.8 Å². The summed E-state index contributed by atoms with van der Waals surface area (Å²) >= 11 is 0. The number of carbonyl (C=O) groups excluding carboxylic acids is 1. The van der Waals surface area contributed by atoms with Crippen molar-refractivity contribution in [1.29, 1.82) is 0 Å². The van der Waals surface area contributed by atoms with Gasteiger partial charge < -0.3 is 21.3 Å². The maximum absolute atomic E-state index is 13.2. The molecule has 0 radical (unpaired) electrons. The van der Waals surface area contributed by atoms with Crippen LogP contribution in [0.15, 0.2) is 24.5 Å². The summed E-state index contributed by atoms with van der Waals surface area (Å²) in [6, 6.07) is 2.90. The highest BCUT2D eigenvalue weighted by atomic mass is 19.1. The Morgan fingerprint density at radius 3 is 2.90 bits per heavy atom. The standard InChI is InChI=1S/C20H26FN7O/c1-3-9-25-19-15(7-5-4-6-10-24-18(29)14-22-2)13-26-20(28-19)27-16-8-11-23-17(21)12-16/h8,11-13,22H,3-4,6,9-10,14H2,1-2H3,(H,24,29)(H2,23,25,26,27,28). The molecule has 0 saturated carbocycles. The third-order valence-corrected chi connectivity index (χ3v) is 3.68. The highest BCUT2D eigenvalue weighted by Crippen LogP contribution is 2.17. The molecule has 0 fully saturated rings. The maximum Gasteiger partial charge on any atom is 0.233 e. The van der Waals surface area contributed by atoms with E-state index in [1.54, 1.807) is 19.3 Å². The fourth-order valence-electron chi connectivity index (χ4n) is 2.31. The van der Waals surface area contributed by atoms with Crippen LogP contribution in [-0.2, 0) is 4.79 Å². The Labute approximate surface area is 170 Å². The second-order valence-electron chi connectivity index (χ2n) is 6.16. The van der Waals surface area contributed by atoms with Crippen LogP contribution in [0.3, 0.4) is 0 Å². The van der Waals surface area contributed by atoms with Crippen LogP contribution in [0.5, 0.6) is 0 Å². The average molecular weight is 399 g/mol. The lowest BCUT2D eigenvalue weighted by Gasteiger charge is -2.09. The lowest BCUT2D eigenvalue weighted by Crippen LogP contribution is -2.32. The molecule has 0 bridgehead atoms. The molecule has 4 N–H and O–H groups in total. The summed E-state index contributed by atoms with van der Waals surface area (Å²) in [5, 5.41) is 11.8. The van der Waals surface area contributed by atoms with Crippen molar-refractivity contribution in [3.05, 3.63) is 36.0 Å². The topological polar surface area (TPSA) is 104 Å². The Morgan fingerprint density at radius 1 is 1.28 bits per heavy atom. The summed E-state index contributed by atoms with van der Waals surface area (Å²) in [7, 11) is 1.73. The van der Waals surface area contributed by atoms with Gasteiger partial charge in [-0.15, -0.1) is 0 Å². The Bertz CT molecular complexity index is 863. The quantitative estimate of drug-likeness (QED) is 0.275. The molecule has 0 unspecified atom stereocenters. The molecular formula is C20H26FN7O. The van der Waals surface area contributed by atoms with Crippen molar-refractivity contribution in [2.75, 3.05) is 37.3 Å². The van der Waals surface area contributed by atoms with Crippen LogP contribution < -0.4 is 21.3 Å². The summed E-state index contributed by atoms with van der Waals surface area (Å²) in [6.07, 6.45) is 5.33. The maximum atomic E-state index is 13.2. The van der Waals surface area contributed by atoms with Crippen LogP contribution in [0.25, 0.3) is 0 Å². The summed E-state index contributed by atoms with van der Waals surface area (Å²) in [4.78, 5) is 23.6. The van der Waals surface area contributed by atoms with E-state index in [-0.39, 0.29) is 5.91 Å². The van der Waals surface area contributed by atoms with Crippen molar-refractivity contribution < 1.29 is 9.18 Å². The minimum atomic E-state index is -0.580. The number of hydrogen-bond donors (Lipinski definition) is 4. The lowest BCUT2D eigenvalue weighted by atomic mass is 10.2. The molecule has 2 rings (SSSR count). The number of nitrogens with zero attached hydrogens (tertiary/aromatic N) is 3. The minimum Gasteiger partial charge on any atom is -0.369 e. The van der Waals surface area contributed by atoms with Gasteiger partial charge in [0.05, 0.1) is 18.3 Å². The second-order valence-corrected chi connectivity index (χ2v) is 6.16. The first-order valence-corrected chi connectivity index (χ1v) is 9.52. The first kappa shape index (κ1) is 22.0. The third-order valence-electron chi connectivity index (χ3n) is 3.68. The minimum absolute atomic E-state index is 0.0305. The molecule has 0 aliphatic carbocycles. The van der Waals surface area contributed by atoms with Crippen LogP contribution in [0.4, 0.5) is 21.8 Å². The van der Waals surface area contributed by atoms with Crippen molar-refractivity contribution in [2.24, 2.45) is 0 Å². The number of aromatic nitrogens is 3. The fraction of sp³-hybridized carbons (Fsp3) is 0.400. The van der Waals surface area contributed by atoms with Crippen molar-refractivity contribution >= 4 is 23.4 Å². The summed E-state index contributed by atoms with van der Waals surface area (Å²) in [6.45, 7) is 3.69. The van der Waals surface area contributed by atoms with E-state index in [2.05, 4.69) is 55.0 Å². The van der Waals surface area contributed by atoms with Gasteiger partial charge in [-0.25, -0.2) is 9.97 Å². The van der Waals surface area contributed by atoms with E-state index in [1.165, 1.54) is 12.3 Å². The van der Waals surface area contributed by atoms with Crippen LogP contribution in [0.2, 0.25) is 0 Å². The monoisotopic (exact) mass is 399 g/mol. The molecule has 0 aliphatic rings. The van der Waals surface area contributed by atoms with Crippen LogP contribution >= 0.6 is 0 Å². The van der Waals surface area contributed by atoms with Gasteiger partial charge in [-0.2, -0.15) is 9.37 Å². The number of rotatable bonds is 10. The summed E-state index contributed by atoms with van der Waals surface area (Å²) in [5.41, 5.74) is 1.20. The van der Waals surface area contributed by atoms with Crippen molar-refractivity contribution in [2.45, 2.75) is 26.2 Å². The van der Waals surface area contributed by atoms with Crippen LogP contribution in [-0.4, -0.2) is 47.5 Å². The van der Waals surface area contributed by atoms with Gasteiger partial charge >= 0.3 is 0 Å². The van der Waals surface area contributed by atoms with Gasteiger partial charge in [0.1, 0.15) is 5.82 Å². The zero-order valence-corrected chi connectivity index (χ0v) is 16.7. The molecule has 2 heterocycles. The lowest BCUT2D eigenvalue weighted by molar-refractivity contribution is -0.120. The van der Waals surface area contributed by atoms with Crippen LogP contribution in [0.1, 0.15) is 31.7 Å². The van der Waals surface area contributed by atoms with Crippen molar-refractivity contribution in [3.63, 3.8) is 0 Å². The number of unbranched alkanes of at least 4 members (excludes halogenated alkanes) is 1. The van der Waals surface area contributed by atoms with E-state index in [0.717, 1.165) is 19.4 Å². The third kappa shape index (κ3) is 8.11. The number of likely N-dealkylation sites (N-methyl/N-ethyl adjacent to an activating group) is 1. The number of carbonyl (C=O) groups is 1. The van der Waals surface area contributed by atoms with Crippen molar-refractivity contribution in [1.82, 2.24) is 25.6 Å². The molecule has 1 amide bonds. The molecule has 0 spiro atoms. The summed E-state index contributed by atoms with van der Waals surface area (Å²) in [5.74, 6) is 6.51. The predicted molar refractivity (Wildman–Crippen MR) is 111 cm³/mol. The van der Waals surface area contributed by atoms with Gasteiger partial charge in [-0.05, 0) is 26.0 Å². The Kier molecular flexibility index (Phi) is 9.32. The number of nitrogens with one attached hydrogen (secondary N) is 4. The van der Waals surface area contributed by atoms with E-state index in [9.17, 15) is 9.18 Å². The van der Waals surface area contributed by atoms with Gasteiger partial charge in [0, 0.05) is 37.5 Å². The molecule has 0 saturated heterocycles. The molecule has 0 aromatic carbocycles. The Morgan fingerprint density at radius 2 is 2.14 bits per heavy atom. The van der Waals surface area contributed by atoms with E-state index in [0.29, 0.717) is 42.5 Å². The van der Waals surface area contributed by atoms with Gasteiger partial charge in [-0.3, -0.25) is 4.79 Å². The smallest absolute Gasteiger partial charge is 0.233 e. The van der Waals surface area contributed by atoms with E-state index >= 15 is 0 Å². The zero-order chi connectivity index (χ0) is 20.9. The molecular weight excluding hydrogens is 373 g/mol. The number of pyridine rings is 1. The van der Waals surface area contributed by atoms with Gasteiger partial charge in [0.15, 0.2) is 0 Å². The number of anilines is 3. The molecule has 2 aromatic heterocycles. The normalized spacial score (nSPS) is 10.0. The first-order chi connectivity index (χ1) is 14.1. The molecule has 0 atom stereocenters. The van der Waals surface area contributed by atoms with E-state index < -0.39 is 5.95 Å². The van der Waals surface area contributed by atoms with E-state index in [4.69, 9.17) is 0 Å². The SMILES string of the molecule is CCCNc1nc(Nc2ccnc(F)c2)ncc1C#CCCCNC(=O)CNC. The Balaban J connectivity index is 1.99. The largest absolute Gasteiger partial charge is 0.369 e. The van der Waals surface area contributed by atoms with Crippen molar-refractivity contribution in [3.8, 4) is 11.8 Å². The number of amides is 1. The molecule has 9 heteroatoms. The highest BCUT2D eigenvalue weighted by Gasteiger charge is 2.06. The fourth-order valence-corrected chi connectivity index (χ4v) is 2.31. The average Bonchev–Trinajstić information content (AvgIpc) is 2.70. The molecule has 2 aromatic rings. The number of hydrogen-bond acceptors (Lipinski definition) is 7. The predicted octanol–water partition coefficient (Wildman–Crippen LogP) is 2.04.